The molecule has 0 unspecified atom stereocenters. The quantitative estimate of drug-likeness (QED) is 0.110. The molecule has 0 radical (unpaired) electrons. The summed E-state index contributed by atoms with van der Waals surface area (Å²) in [4.78, 5) is 29.1. The summed E-state index contributed by atoms with van der Waals surface area (Å²) in [7, 11) is 0. The number of Topliss-reactive ketones (excluding diaryl/α,β-unsaturated/α-hetero) is 1. The zero-order valence-electron chi connectivity index (χ0n) is 31.8. The first-order chi connectivity index (χ1) is 24.9. The highest BCUT2D eigenvalue weighted by atomic mass is 35.5. The number of halogens is 3. The molecule has 53 heavy (non-hydrogen) atoms. The summed E-state index contributed by atoms with van der Waals surface area (Å²) < 4.78 is 40.6. The van der Waals surface area contributed by atoms with Gasteiger partial charge in [-0.1, -0.05) is 33.1 Å². The van der Waals surface area contributed by atoms with Gasteiger partial charge in [0.15, 0.2) is 17.3 Å². The number of nitrogens with zero attached hydrogens (tertiary/aromatic N) is 2. The maximum atomic E-state index is 12.9. The Morgan fingerprint density at radius 2 is 1.40 bits per heavy atom. The zero-order chi connectivity index (χ0) is 36.3. The molecule has 0 bridgehead atoms. The van der Waals surface area contributed by atoms with Gasteiger partial charge in [-0.05, 0) is 112 Å². The molecule has 0 aliphatic carbocycles. The number of hydrogen-bond acceptors (Lipinski definition) is 9. The van der Waals surface area contributed by atoms with Gasteiger partial charge in [0.1, 0.15) is 11.4 Å². The van der Waals surface area contributed by atoms with Crippen LogP contribution in [0.4, 0.5) is 4.39 Å². The summed E-state index contributed by atoms with van der Waals surface area (Å²) in [5.74, 6) is 1.19. The Labute approximate surface area is 328 Å². The number of rotatable bonds is 20. The van der Waals surface area contributed by atoms with E-state index >= 15 is 0 Å². The molecule has 10 nitrogen and oxygen atoms in total. The molecule has 1 amide bonds. The number of carbonyl (C=O) groups is 2. The van der Waals surface area contributed by atoms with Crippen LogP contribution in [0.1, 0.15) is 99.5 Å². The predicted octanol–water partition coefficient (Wildman–Crippen LogP) is 7.16. The number of primary amides is 1. The minimum atomic E-state index is -0.485. The van der Waals surface area contributed by atoms with Crippen LogP contribution >= 0.6 is 24.8 Å². The lowest BCUT2D eigenvalue weighted by molar-refractivity contribution is -0.134. The molecule has 2 saturated heterocycles. The summed E-state index contributed by atoms with van der Waals surface area (Å²) in [6, 6.07) is 9.84. The molecule has 0 atom stereocenters. The van der Waals surface area contributed by atoms with E-state index in [0.717, 1.165) is 109 Å². The van der Waals surface area contributed by atoms with Crippen molar-refractivity contribution in [3.05, 3.63) is 58.9 Å². The molecule has 2 aromatic carbocycles. The van der Waals surface area contributed by atoms with Crippen molar-refractivity contribution >= 4 is 36.5 Å². The highest BCUT2D eigenvalue weighted by molar-refractivity contribution is 5.96. The second-order valence-corrected chi connectivity index (χ2v) is 13.7. The fourth-order valence-corrected chi connectivity index (χ4v) is 6.96. The minimum Gasteiger partial charge on any atom is -0.454 e. The van der Waals surface area contributed by atoms with Gasteiger partial charge in [-0.25, -0.2) is 4.39 Å². The maximum absolute atomic E-state index is 12.9. The molecule has 2 aromatic rings. The van der Waals surface area contributed by atoms with E-state index in [0.29, 0.717) is 51.8 Å². The molecule has 3 aliphatic heterocycles. The van der Waals surface area contributed by atoms with Crippen LogP contribution in [0.3, 0.4) is 0 Å². The van der Waals surface area contributed by atoms with Gasteiger partial charge in [-0.3, -0.25) is 14.5 Å². The third-order valence-corrected chi connectivity index (χ3v) is 10.0. The summed E-state index contributed by atoms with van der Waals surface area (Å²) >= 11 is 0. The van der Waals surface area contributed by atoms with E-state index in [9.17, 15) is 14.0 Å². The largest absolute Gasteiger partial charge is 0.454 e. The Hall–Kier alpha value is -2.51. The number of piperidine rings is 2. The van der Waals surface area contributed by atoms with Gasteiger partial charge in [0.25, 0.3) is 0 Å². The van der Waals surface area contributed by atoms with Crippen LogP contribution in [0.5, 0.6) is 11.5 Å². The topological polar surface area (TPSA) is 113 Å². The summed E-state index contributed by atoms with van der Waals surface area (Å²) in [6.07, 6.45) is 10.7. The maximum Gasteiger partial charge on any atom is 0.238 e. The van der Waals surface area contributed by atoms with Gasteiger partial charge in [0.2, 0.25) is 12.7 Å². The first kappa shape index (κ1) is 46.6. The standard InChI is InChI=1S/C21H30FN3O2.C19H30O5.2ClH/c22-18-8-6-17(7-9-18)19(26)5-4-12-24-15-10-21(11-16-24,20(23)27)25-13-2-1-3-14-25;1-3-5-7-20-8-9-21-10-11-22-14-17-13-19-18(23-15-24-19)12-16(17)6-4-2;;/h6-9H,1-5,10-16H2,(H2,23,27);12-13H,3-11,14-15H2,1-2H3;2*1H. The van der Waals surface area contributed by atoms with Gasteiger partial charge in [0, 0.05) is 31.7 Å². The molecule has 0 spiro atoms. The van der Waals surface area contributed by atoms with Crippen LogP contribution in [0.15, 0.2) is 36.4 Å². The molecule has 3 aliphatic rings. The number of hydrogen-bond donors (Lipinski definition) is 1. The SMILES string of the molecule is CCCCOCCOCCOCc1cc2c(cc1CCC)OCO2.Cl.Cl.NC(=O)C1(N2CCCCC2)CCN(CCCC(=O)c2ccc(F)cc2)CC1. The van der Waals surface area contributed by atoms with Crippen LogP contribution in [-0.2, 0) is 32.0 Å². The lowest BCUT2D eigenvalue weighted by Crippen LogP contribution is -2.63. The lowest BCUT2D eigenvalue weighted by atomic mass is 9.83. The monoisotopic (exact) mass is 785 g/mol. The third-order valence-electron chi connectivity index (χ3n) is 10.0. The number of unbranched alkanes of at least 4 members (excludes halogenated alkanes) is 1. The Bertz CT molecular complexity index is 1340. The van der Waals surface area contributed by atoms with E-state index in [2.05, 4.69) is 29.7 Å². The highest BCUT2D eigenvalue weighted by Crippen LogP contribution is 2.36. The van der Waals surface area contributed by atoms with Gasteiger partial charge >= 0.3 is 0 Å². The Kier molecular flexibility index (Phi) is 22.5. The second-order valence-electron chi connectivity index (χ2n) is 13.7. The summed E-state index contributed by atoms with van der Waals surface area (Å²) in [6.45, 7) is 12.9. The fraction of sp³-hybridized carbons (Fsp3) is 0.650. The average molecular weight is 787 g/mol. The number of ketones is 1. The van der Waals surface area contributed by atoms with Crippen molar-refractivity contribution in [1.29, 1.82) is 0 Å². The van der Waals surface area contributed by atoms with Crippen molar-refractivity contribution in [3.63, 3.8) is 0 Å². The Morgan fingerprint density at radius 3 is 2.00 bits per heavy atom. The van der Waals surface area contributed by atoms with Crippen molar-refractivity contribution in [2.24, 2.45) is 5.73 Å². The number of fused-ring (bicyclic) bond motifs is 1. The fourth-order valence-electron chi connectivity index (χ4n) is 6.96. The van der Waals surface area contributed by atoms with Crippen molar-refractivity contribution < 1.29 is 37.7 Å². The molecule has 2 fully saturated rings. The second kappa shape index (κ2) is 25.5. The highest BCUT2D eigenvalue weighted by Gasteiger charge is 2.44. The molecule has 5 rings (SSSR count). The van der Waals surface area contributed by atoms with Gasteiger partial charge in [0.05, 0.1) is 33.0 Å². The normalized spacial score (nSPS) is 16.5. The van der Waals surface area contributed by atoms with Gasteiger partial charge in [-0.15, -0.1) is 24.8 Å². The van der Waals surface area contributed by atoms with Crippen LogP contribution < -0.4 is 15.2 Å². The number of aryl methyl sites for hydroxylation is 1. The molecule has 300 valence electrons. The van der Waals surface area contributed by atoms with Crippen molar-refractivity contribution in [2.75, 3.05) is 72.6 Å². The van der Waals surface area contributed by atoms with E-state index in [1.54, 1.807) is 12.1 Å². The molecule has 13 heteroatoms. The molecule has 0 saturated carbocycles. The first-order valence-corrected chi connectivity index (χ1v) is 19.1. The van der Waals surface area contributed by atoms with E-state index in [4.69, 9.17) is 29.4 Å². The minimum absolute atomic E-state index is 0. The number of amides is 1. The number of benzene rings is 2. The molecule has 3 heterocycles. The van der Waals surface area contributed by atoms with Gasteiger partial charge < -0.3 is 34.3 Å². The van der Waals surface area contributed by atoms with E-state index in [1.807, 2.05) is 6.07 Å². The zero-order valence-corrected chi connectivity index (χ0v) is 33.4. The van der Waals surface area contributed by atoms with E-state index < -0.39 is 5.54 Å². The average Bonchev–Trinajstić information content (AvgIpc) is 3.61. The lowest BCUT2D eigenvalue weighted by Gasteiger charge is -2.48. The number of ether oxygens (including phenoxy) is 5. The molecular formula is C40H62Cl2FN3O7. The van der Waals surface area contributed by atoms with Crippen molar-refractivity contribution in [2.45, 2.75) is 96.6 Å². The molecular weight excluding hydrogens is 724 g/mol. The summed E-state index contributed by atoms with van der Waals surface area (Å²) in [5.41, 5.74) is 8.34. The van der Waals surface area contributed by atoms with Crippen LogP contribution in [0, 0.1) is 5.82 Å². The van der Waals surface area contributed by atoms with Crippen LogP contribution in [0.2, 0.25) is 0 Å². The molecule has 2 N–H and O–H groups in total. The van der Waals surface area contributed by atoms with Crippen molar-refractivity contribution in [1.82, 2.24) is 9.80 Å². The predicted molar refractivity (Wildman–Crippen MR) is 210 cm³/mol. The van der Waals surface area contributed by atoms with Gasteiger partial charge in [-0.2, -0.15) is 0 Å². The smallest absolute Gasteiger partial charge is 0.238 e. The Balaban J connectivity index is 0.000000356. The number of nitrogens with two attached hydrogens (primary N) is 1. The van der Waals surface area contributed by atoms with E-state index in [-0.39, 0.29) is 42.3 Å². The number of carbonyl (C=O) groups excluding carboxylic acids is 2. The van der Waals surface area contributed by atoms with Crippen LogP contribution in [-0.4, -0.2) is 99.6 Å². The third kappa shape index (κ3) is 14.9. The first-order valence-electron chi connectivity index (χ1n) is 19.1. The summed E-state index contributed by atoms with van der Waals surface area (Å²) in [5, 5.41) is 0. The number of likely N-dealkylation sites (tertiary alicyclic amines) is 2. The van der Waals surface area contributed by atoms with E-state index in [1.165, 1.54) is 29.7 Å². The van der Waals surface area contributed by atoms with Crippen molar-refractivity contribution in [3.8, 4) is 11.5 Å². The molecule has 0 aromatic heterocycles. The Morgan fingerprint density at radius 1 is 0.792 bits per heavy atom. The van der Waals surface area contributed by atoms with Crippen LogP contribution in [0.25, 0.3) is 0 Å².